The van der Waals surface area contributed by atoms with E-state index in [1.54, 1.807) is 7.05 Å². The lowest BCUT2D eigenvalue weighted by atomic mass is 9.94. The third-order valence-electron chi connectivity index (χ3n) is 4.80. The van der Waals surface area contributed by atoms with E-state index in [0.717, 1.165) is 58.1 Å². The molecule has 0 aliphatic carbocycles. The van der Waals surface area contributed by atoms with Crippen molar-refractivity contribution in [1.29, 1.82) is 0 Å². The highest BCUT2D eigenvalue weighted by Crippen LogP contribution is 2.12. The van der Waals surface area contributed by atoms with Crippen LogP contribution >= 0.6 is 0 Å². The summed E-state index contributed by atoms with van der Waals surface area (Å²) in [5.74, 6) is -0.271. The number of hydrogen-bond donors (Lipinski definition) is 3. The molecule has 0 aromatic rings. The Bertz CT molecular complexity index is 402. The average molecular weight is 384 g/mol. The van der Waals surface area contributed by atoms with Gasteiger partial charge < -0.3 is 20.7 Å². The number of carbonyl (C=O) groups is 3. The molecule has 0 radical (unpaired) electrons. The van der Waals surface area contributed by atoms with Crippen LogP contribution in [0.4, 0.5) is 0 Å². The van der Waals surface area contributed by atoms with Crippen molar-refractivity contribution in [2.24, 2.45) is 5.92 Å². The van der Waals surface area contributed by atoms with Crippen LogP contribution in [0.15, 0.2) is 0 Å². The van der Waals surface area contributed by atoms with Crippen LogP contribution in [0.3, 0.4) is 0 Å². The molecule has 0 saturated heterocycles. The van der Waals surface area contributed by atoms with Gasteiger partial charge in [0.1, 0.15) is 17.9 Å². The van der Waals surface area contributed by atoms with Crippen molar-refractivity contribution >= 4 is 17.9 Å². The standard InChI is InChI=1S/C21H41N3O3/c1-4-14-24-16-9-10-18(17-25)20(26)13-8-11-19(22-3)21(27)12-6-7-15-23-5-2/h17-19,22-24H,4-16H2,1-3H3. The van der Waals surface area contributed by atoms with E-state index in [9.17, 15) is 14.4 Å². The lowest BCUT2D eigenvalue weighted by molar-refractivity contribution is -0.128. The Morgan fingerprint density at radius 3 is 2.19 bits per heavy atom. The normalized spacial score (nSPS) is 13.3. The van der Waals surface area contributed by atoms with Crippen molar-refractivity contribution in [2.45, 2.75) is 77.7 Å². The van der Waals surface area contributed by atoms with Crippen LogP contribution in [0, 0.1) is 5.92 Å². The highest BCUT2D eigenvalue weighted by atomic mass is 16.1. The van der Waals surface area contributed by atoms with Crippen LogP contribution < -0.4 is 16.0 Å². The maximum Gasteiger partial charge on any atom is 0.149 e. The molecule has 2 atom stereocenters. The highest BCUT2D eigenvalue weighted by molar-refractivity contribution is 5.93. The minimum Gasteiger partial charge on any atom is -0.317 e. The van der Waals surface area contributed by atoms with Gasteiger partial charge in [-0.1, -0.05) is 13.8 Å². The van der Waals surface area contributed by atoms with Crippen LogP contribution in [0.2, 0.25) is 0 Å². The second-order valence-corrected chi connectivity index (χ2v) is 7.11. The van der Waals surface area contributed by atoms with Crippen molar-refractivity contribution in [3.05, 3.63) is 0 Å². The summed E-state index contributed by atoms with van der Waals surface area (Å²) in [6.45, 7) is 7.89. The predicted octanol–water partition coefficient (Wildman–Crippen LogP) is 2.26. The first-order chi connectivity index (χ1) is 13.1. The molecule has 0 bridgehead atoms. The molecule has 0 fully saturated rings. The lowest BCUT2D eigenvalue weighted by Gasteiger charge is -2.15. The molecule has 2 unspecified atom stereocenters. The topological polar surface area (TPSA) is 87.3 Å². The zero-order valence-electron chi connectivity index (χ0n) is 17.6. The highest BCUT2D eigenvalue weighted by Gasteiger charge is 2.19. The van der Waals surface area contributed by atoms with E-state index >= 15 is 0 Å². The van der Waals surface area contributed by atoms with Gasteiger partial charge in [-0.25, -0.2) is 0 Å². The van der Waals surface area contributed by atoms with Crippen LogP contribution in [-0.2, 0) is 14.4 Å². The predicted molar refractivity (Wildman–Crippen MR) is 111 cm³/mol. The molecule has 3 N–H and O–H groups in total. The van der Waals surface area contributed by atoms with Gasteiger partial charge in [0.25, 0.3) is 0 Å². The number of hydrogen-bond acceptors (Lipinski definition) is 6. The molecule has 0 amide bonds. The molecule has 0 aromatic heterocycles. The van der Waals surface area contributed by atoms with Gasteiger partial charge in [0.05, 0.1) is 12.0 Å². The minimum atomic E-state index is -0.497. The number of likely N-dealkylation sites (N-methyl/N-ethyl adjacent to an activating group) is 1. The molecule has 27 heavy (non-hydrogen) atoms. The minimum absolute atomic E-state index is 0.00781. The van der Waals surface area contributed by atoms with Crippen molar-refractivity contribution in [2.75, 3.05) is 33.2 Å². The first kappa shape index (κ1) is 25.9. The van der Waals surface area contributed by atoms with Gasteiger partial charge in [0.15, 0.2) is 0 Å². The molecule has 6 nitrogen and oxygen atoms in total. The summed E-state index contributed by atoms with van der Waals surface area (Å²) < 4.78 is 0. The second kappa shape index (κ2) is 18.3. The Morgan fingerprint density at radius 2 is 1.56 bits per heavy atom. The molecule has 0 spiro atoms. The third kappa shape index (κ3) is 13.7. The van der Waals surface area contributed by atoms with Crippen LogP contribution in [0.5, 0.6) is 0 Å². The van der Waals surface area contributed by atoms with Crippen LogP contribution in [-0.4, -0.2) is 57.1 Å². The summed E-state index contributed by atoms with van der Waals surface area (Å²) in [5.41, 5.74) is 0. The van der Waals surface area contributed by atoms with Crippen molar-refractivity contribution < 1.29 is 14.4 Å². The van der Waals surface area contributed by atoms with Gasteiger partial charge in [0.2, 0.25) is 0 Å². The number of Topliss-reactive ketones (excluding diaryl/α,β-unsaturated/α-hetero) is 2. The summed E-state index contributed by atoms with van der Waals surface area (Å²) >= 11 is 0. The van der Waals surface area contributed by atoms with E-state index in [0.29, 0.717) is 32.1 Å². The van der Waals surface area contributed by atoms with Gasteiger partial charge in [-0.3, -0.25) is 9.59 Å². The molecule has 0 aliphatic heterocycles. The molecule has 0 heterocycles. The van der Waals surface area contributed by atoms with Crippen molar-refractivity contribution in [1.82, 2.24) is 16.0 Å². The first-order valence-electron chi connectivity index (χ1n) is 10.7. The Kier molecular flexibility index (Phi) is 17.5. The number of aldehydes is 1. The molecule has 158 valence electrons. The number of carbonyl (C=O) groups excluding carboxylic acids is 3. The maximum atomic E-state index is 12.3. The number of nitrogens with one attached hydrogen (secondary N) is 3. The summed E-state index contributed by atoms with van der Waals surface area (Å²) in [5, 5.41) is 9.61. The van der Waals surface area contributed by atoms with E-state index < -0.39 is 5.92 Å². The van der Waals surface area contributed by atoms with Crippen LogP contribution in [0.25, 0.3) is 0 Å². The fourth-order valence-corrected chi connectivity index (χ4v) is 3.09. The average Bonchev–Trinajstić information content (AvgIpc) is 2.67. The van der Waals surface area contributed by atoms with Crippen molar-refractivity contribution in [3.8, 4) is 0 Å². The lowest BCUT2D eigenvalue weighted by Crippen LogP contribution is -2.34. The summed E-state index contributed by atoms with van der Waals surface area (Å²) in [6.07, 6.45) is 7.45. The van der Waals surface area contributed by atoms with Gasteiger partial charge in [-0.15, -0.1) is 0 Å². The number of unbranched alkanes of at least 4 members (excludes halogenated alkanes) is 1. The quantitative estimate of drug-likeness (QED) is 0.170. The summed E-state index contributed by atoms with van der Waals surface area (Å²) in [4.78, 5) is 35.7. The first-order valence-corrected chi connectivity index (χ1v) is 10.7. The van der Waals surface area contributed by atoms with E-state index in [1.165, 1.54) is 0 Å². The zero-order valence-corrected chi connectivity index (χ0v) is 17.6. The Labute approximate surface area is 165 Å². The van der Waals surface area contributed by atoms with Gasteiger partial charge in [0, 0.05) is 12.8 Å². The van der Waals surface area contributed by atoms with E-state index in [-0.39, 0.29) is 17.6 Å². The molecular formula is C21H41N3O3. The fraction of sp³-hybridized carbons (Fsp3) is 0.857. The Hall–Kier alpha value is -1.11. The van der Waals surface area contributed by atoms with Crippen LogP contribution in [0.1, 0.15) is 71.6 Å². The zero-order chi connectivity index (χ0) is 20.3. The Morgan fingerprint density at radius 1 is 0.852 bits per heavy atom. The summed E-state index contributed by atoms with van der Waals surface area (Å²) in [6, 6.07) is -0.190. The van der Waals surface area contributed by atoms with Gasteiger partial charge in [-0.05, 0) is 78.2 Å². The van der Waals surface area contributed by atoms with E-state index in [4.69, 9.17) is 0 Å². The van der Waals surface area contributed by atoms with Gasteiger partial charge in [-0.2, -0.15) is 0 Å². The molecule has 0 aromatic carbocycles. The molecule has 0 saturated carbocycles. The SMILES string of the molecule is CCCNCCCC(C=O)C(=O)CCCC(NC)C(=O)CCCCNCC. The van der Waals surface area contributed by atoms with E-state index in [1.807, 2.05) is 0 Å². The molecule has 0 rings (SSSR count). The molecule has 0 aliphatic rings. The number of ketones is 2. The summed E-state index contributed by atoms with van der Waals surface area (Å²) in [7, 11) is 1.79. The maximum absolute atomic E-state index is 12.3. The smallest absolute Gasteiger partial charge is 0.149 e. The molecular weight excluding hydrogens is 342 g/mol. The Balaban J connectivity index is 4.03. The monoisotopic (exact) mass is 383 g/mol. The largest absolute Gasteiger partial charge is 0.317 e. The molecule has 6 heteroatoms. The van der Waals surface area contributed by atoms with Crippen molar-refractivity contribution in [3.63, 3.8) is 0 Å². The van der Waals surface area contributed by atoms with Gasteiger partial charge >= 0.3 is 0 Å². The number of rotatable bonds is 20. The second-order valence-electron chi connectivity index (χ2n) is 7.11. The fourth-order valence-electron chi connectivity index (χ4n) is 3.09. The van der Waals surface area contributed by atoms with E-state index in [2.05, 4.69) is 29.8 Å². The third-order valence-corrected chi connectivity index (χ3v) is 4.80.